The molecule has 0 spiro atoms. The molecule has 219 valence electrons. The molecule has 0 saturated carbocycles. The fraction of sp³-hybridized carbons (Fsp3) is 0.0750. The number of carbonyl (C=O) groups is 1. The van der Waals surface area contributed by atoms with Gasteiger partial charge < -0.3 is 5.11 Å². The van der Waals surface area contributed by atoms with Crippen molar-refractivity contribution in [3.8, 4) is 44.6 Å². The van der Waals surface area contributed by atoms with E-state index in [1.807, 2.05) is 18.2 Å². The Morgan fingerprint density at radius 2 is 1.31 bits per heavy atom. The van der Waals surface area contributed by atoms with Crippen LogP contribution in [0.15, 0.2) is 121 Å². The van der Waals surface area contributed by atoms with Gasteiger partial charge in [-0.15, -0.1) is 29.3 Å². The normalized spacial score (nSPS) is 12.8. The summed E-state index contributed by atoms with van der Waals surface area (Å²) < 4.78 is 0. The van der Waals surface area contributed by atoms with Crippen molar-refractivity contribution in [3.63, 3.8) is 0 Å². The van der Waals surface area contributed by atoms with E-state index in [1.165, 1.54) is 56.0 Å². The predicted molar refractivity (Wildman–Crippen MR) is 177 cm³/mol. The third-order valence-corrected chi connectivity index (χ3v) is 8.95. The van der Waals surface area contributed by atoms with Crippen LogP contribution >= 0.6 is 0 Å². The van der Waals surface area contributed by atoms with Crippen LogP contribution in [0, 0.1) is 6.07 Å². The quantitative estimate of drug-likeness (QED) is 0.179. The van der Waals surface area contributed by atoms with Gasteiger partial charge in [0, 0.05) is 30.9 Å². The molecule has 0 unspecified atom stereocenters. The molecule has 1 N–H and O–H groups in total. The van der Waals surface area contributed by atoms with Crippen LogP contribution in [0.25, 0.3) is 66.4 Å². The summed E-state index contributed by atoms with van der Waals surface area (Å²) in [5, 5.41) is 10.9. The first-order valence-electron chi connectivity index (χ1n) is 14.7. The summed E-state index contributed by atoms with van der Waals surface area (Å²) in [6.45, 7) is 4.63. The van der Waals surface area contributed by atoms with Crippen molar-refractivity contribution in [1.82, 2.24) is 9.97 Å². The van der Waals surface area contributed by atoms with Gasteiger partial charge in [0.2, 0.25) is 0 Å². The third-order valence-electron chi connectivity index (χ3n) is 8.95. The van der Waals surface area contributed by atoms with Crippen molar-refractivity contribution in [2.24, 2.45) is 0 Å². The topological polar surface area (TPSA) is 63.1 Å². The van der Waals surface area contributed by atoms with Gasteiger partial charge in [0.25, 0.3) is 0 Å². The van der Waals surface area contributed by atoms with Crippen molar-refractivity contribution in [2.45, 2.75) is 19.3 Å². The number of carboxylic acids is 1. The fourth-order valence-electron chi connectivity index (χ4n) is 6.79. The second-order valence-corrected chi connectivity index (χ2v) is 11.8. The van der Waals surface area contributed by atoms with E-state index in [2.05, 4.69) is 110 Å². The van der Waals surface area contributed by atoms with Gasteiger partial charge in [-0.05, 0) is 57.1 Å². The summed E-state index contributed by atoms with van der Waals surface area (Å²) in [6.07, 6.45) is 0. The van der Waals surface area contributed by atoms with E-state index in [-0.39, 0.29) is 31.2 Å². The van der Waals surface area contributed by atoms with Crippen LogP contribution in [0.1, 0.15) is 35.5 Å². The molecule has 2 heterocycles. The van der Waals surface area contributed by atoms with Crippen molar-refractivity contribution in [2.75, 3.05) is 0 Å². The fourth-order valence-corrected chi connectivity index (χ4v) is 6.79. The van der Waals surface area contributed by atoms with Crippen molar-refractivity contribution in [3.05, 3.63) is 144 Å². The number of benzene rings is 5. The monoisotopic (exact) mass is 760 g/mol. The van der Waals surface area contributed by atoms with Crippen LogP contribution < -0.4 is 0 Å². The van der Waals surface area contributed by atoms with Crippen LogP contribution in [0.5, 0.6) is 0 Å². The number of nitrogens with zero attached hydrogens (tertiary/aromatic N) is 2. The third kappa shape index (κ3) is 4.59. The number of hydrogen-bond donors (Lipinski definition) is 1. The Balaban J connectivity index is 0.000000196. The molecule has 5 heteroatoms. The molecule has 0 atom stereocenters. The van der Waals surface area contributed by atoms with Crippen molar-refractivity contribution in [1.29, 1.82) is 0 Å². The van der Waals surface area contributed by atoms with E-state index in [9.17, 15) is 4.79 Å². The zero-order valence-corrected chi connectivity index (χ0v) is 27.0. The summed E-state index contributed by atoms with van der Waals surface area (Å²) in [7, 11) is 0. The number of fused-ring (bicyclic) bond motifs is 7. The Kier molecular flexibility index (Phi) is 6.96. The van der Waals surface area contributed by atoms with E-state index in [0.29, 0.717) is 5.52 Å². The minimum atomic E-state index is -0.995. The van der Waals surface area contributed by atoms with Gasteiger partial charge in [-0.2, -0.15) is 0 Å². The second-order valence-electron chi connectivity index (χ2n) is 11.8. The minimum absolute atomic E-state index is 0. The molecule has 0 amide bonds. The molecule has 2 aliphatic rings. The molecule has 4 nitrogen and oxygen atoms in total. The summed E-state index contributed by atoms with van der Waals surface area (Å²) >= 11 is 0. The second kappa shape index (κ2) is 10.9. The standard InChI is InChI=1S/C30H20N.C10H7NO2.Ir/c1-30(2)25-12-6-5-10-21(25)22-15-14-18(16-26(22)30)28-17-24-20-9-4-3-8-19(20)23-11-7-13-27(31-28)29(23)24;12-10(13)9-6-5-7-3-1-2-4-8(7)11-9;/h3-13,15-17H,1-2H3;1-6H,(H,12,13);/q-1;;. The summed E-state index contributed by atoms with van der Waals surface area (Å²) in [6, 6.07) is 44.8. The number of aromatic nitrogens is 2. The molecular formula is C40H27IrN2O2-. The maximum Gasteiger partial charge on any atom is 0.354 e. The Bertz CT molecular complexity index is 2310. The first kappa shape index (κ1) is 28.8. The summed E-state index contributed by atoms with van der Waals surface area (Å²) in [4.78, 5) is 19.6. The van der Waals surface area contributed by atoms with E-state index < -0.39 is 5.97 Å². The molecule has 9 rings (SSSR count). The summed E-state index contributed by atoms with van der Waals surface area (Å²) in [5.41, 5.74) is 14.4. The van der Waals surface area contributed by atoms with Crippen LogP contribution in [0.2, 0.25) is 0 Å². The Morgan fingerprint density at radius 3 is 2.11 bits per heavy atom. The van der Waals surface area contributed by atoms with E-state index in [0.717, 1.165) is 22.2 Å². The van der Waals surface area contributed by atoms with E-state index >= 15 is 0 Å². The Morgan fingerprint density at radius 1 is 0.644 bits per heavy atom. The smallest absolute Gasteiger partial charge is 0.354 e. The minimum Gasteiger partial charge on any atom is -0.477 e. The largest absolute Gasteiger partial charge is 0.477 e. The van der Waals surface area contributed by atoms with E-state index in [1.54, 1.807) is 12.1 Å². The van der Waals surface area contributed by atoms with Gasteiger partial charge in [0.15, 0.2) is 0 Å². The molecule has 0 bridgehead atoms. The zero-order chi connectivity index (χ0) is 30.0. The number of para-hydroxylation sites is 1. The average Bonchev–Trinajstić information content (AvgIpc) is 3.50. The molecule has 1 radical (unpaired) electrons. The van der Waals surface area contributed by atoms with Gasteiger partial charge >= 0.3 is 5.97 Å². The zero-order valence-electron chi connectivity index (χ0n) is 24.6. The number of pyridine rings is 2. The molecule has 0 saturated heterocycles. The molecule has 2 aliphatic carbocycles. The molecule has 2 aromatic heterocycles. The number of aromatic carboxylic acids is 1. The molecular weight excluding hydrogens is 733 g/mol. The first-order chi connectivity index (χ1) is 21.4. The molecule has 7 aromatic rings. The van der Waals surface area contributed by atoms with Gasteiger partial charge in [-0.1, -0.05) is 116 Å². The Labute approximate surface area is 274 Å². The van der Waals surface area contributed by atoms with Gasteiger partial charge in [0.1, 0.15) is 5.69 Å². The maximum atomic E-state index is 10.6. The maximum absolute atomic E-state index is 10.6. The predicted octanol–water partition coefficient (Wildman–Crippen LogP) is 9.59. The van der Waals surface area contributed by atoms with Crippen LogP contribution in [0.3, 0.4) is 0 Å². The average molecular weight is 760 g/mol. The number of hydrogen-bond acceptors (Lipinski definition) is 3. The van der Waals surface area contributed by atoms with Crippen LogP contribution in [0.4, 0.5) is 0 Å². The van der Waals surface area contributed by atoms with Crippen molar-refractivity contribution < 1.29 is 30.0 Å². The molecule has 45 heavy (non-hydrogen) atoms. The van der Waals surface area contributed by atoms with E-state index in [4.69, 9.17) is 10.1 Å². The molecule has 0 fully saturated rings. The molecule has 5 aromatic carbocycles. The van der Waals surface area contributed by atoms with Crippen molar-refractivity contribution >= 4 is 27.8 Å². The van der Waals surface area contributed by atoms with Gasteiger partial charge in [-0.25, -0.2) is 9.78 Å². The van der Waals surface area contributed by atoms with Crippen LogP contribution in [-0.4, -0.2) is 21.0 Å². The van der Waals surface area contributed by atoms with Gasteiger partial charge in [-0.3, -0.25) is 4.98 Å². The Hall–Kier alpha value is -4.96. The van der Waals surface area contributed by atoms with Gasteiger partial charge in [0.05, 0.1) is 11.0 Å². The molecule has 0 aliphatic heterocycles. The van der Waals surface area contributed by atoms with Crippen LogP contribution in [-0.2, 0) is 25.5 Å². The number of carboxylic acid groups (broad SMARTS) is 1. The summed E-state index contributed by atoms with van der Waals surface area (Å²) in [5.74, 6) is -0.995. The number of rotatable bonds is 2. The SMILES string of the molecule is CC1(C)c2ccccc2-c2c[c-]c(-c3cc4c5c(cccc5n3)-c3ccccc3-4)cc21.O=C(O)c1ccc2ccccc2n1.[Ir]. The first-order valence-corrected chi connectivity index (χ1v) is 14.7.